The van der Waals surface area contributed by atoms with E-state index in [4.69, 9.17) is 4.74 Å². The zero-order chi connectivity index (χ0) is 29.8. The first kappa shape index (κ1) is 28.5. The lowest BCUT2D eigenvalue weighted by atomic mass is 9.94. The summed E-state index contributed by atoms with van der Waals surface area (Å²) in [6, 6.07) is 28.1. The van der Waals surface area contributed by atoms with Crippen molar-refractivity contribution < 1.29 is 19.1 Å². The van der Waals surface area contributed by atoms with Crippen LogP contribution in [-0.2, 0) is 22.6 Å². The molecule has 2 aliphatic rings. The highest BCUT2D eigenvalue weighted by Gasteiger charge is 2.36. The Balaban J connectivity index is 1.35. The van der Waals surface area contributed by atoms with Crippen LogP contribution in [0.2, 0.25) is 0 Å². The Labute approximate surface area is 252 Å². The summed E-state index contributed by atoms with van der Waals surface area (Å²) < 4.78 is 5.46. The molecule has 0 aromatic heterocycles. The van der Waals surface area contributed by atoms with E-state index in [0.717, 1.165) is 53.3 Å². The normalized spacial score (nSPS) is 15.4. The molecule has 43 heavy (non-hydrogen) atoms. The molecule has 0 radical (unpaired) electrons. The summed E-state index contributed by atoms with van der Waals surface area (Å²) in [5.74, 6) is 0.0200. The summed E-state index contributed by atoms with van der Waals surface area (Å²) in [7, 11) is 1.61. The molecule has 1 N–H and O–H groups in total. The number of amides is 3. The molecular formula is C36H37N3O4. The van der Waals surface area contributed by atoms with Crippen LogP contribution in [0.5, 0.6) is 5.75 Å². The standard InChI is InChI=1S/C36H37N3O4/c1-43-29-18-8-13-26(21-29)23-38(32(22-25-11-4-2-5-12-25)35(41)37-28-16-6-3-7-17-28)33(40)24-39-31-20-10-15-27-14-9-19-30(34(27)31)36(39)42/h2,4-5,8-15,18-21,28,32H,3,6-7,16-17,22-24H2,1H3,(H,37,41)/t32-/m1/s1. The lowest BCUT2D eigenvalue weighted by molar-refractivity contribution is -0.140. The fourth-order valence-corrected chi connectivity index (χ4v) is 6.43. The highest BCUT2D eigenvalue weighted by atomic mass is 16.5. The van der Waals surface area contributed by atoms with E-state index >= 15 is 0 Å². The van der Waals surface area contributed by atoms with E-state index in [1.54, 1.807) is 16.9 Å². The number of hydrogen-bond acceptors (Lipinski definition) is 4. The maximum atomic E-state index is 14.4. The first-order valence-electron chi connectivity index (χ1n) is 15.1. The summed E-state index contributed by atoms with van der Waals surface area (Å²) >= 11 is 0. The molecule has 4 aromatic rings. The van der Waals surface area contributed by atoms with Crippen LogP contribution in [0, 0.1) is 0 Å². The monoisotopic (exact) mass is 575 g/mol. The molecular weight excluding hydrogens is 538 g/mol. The summed E-state index contributed by atoms with van der Waals surface area (Å²) in [5, 5.41) is 5.10. The minimum absolute atomic E-state index is 0.0977. The van der Waals surface area contributed by atoms with Gasteiger partial charge >= 0.3 is 0 Å². The Morgan fingerprint density at radius 1 is 0.907 bits per heavy atom. The Kier molecular flexibility index (Phi) is 8.40. The summed E-state index contributed by atoms with van der Waals surface area (Å²) in [4.78, 5) is 45.3. The van der Waals surface area contributed by atoms with Crippen LogP contribution in [0.1, 0.15) is 53.6 Å². The van der Waals surface area contributed by atoms with Crippen LogP contribution in [0.3, 0.4) is 0 Å². The molecule has 0 saturated heterocycles. The molecule has 7 nitrogen and oxygen atoms in total. The van der Waals surface area contributed by atoms with Crippen molar-refractivity contribution >= 4 is 34.2 Å². The van der Waals surface area contributed by atoms with Crippen molar-refractivity contribution in [2.75, 3.05) is 18.6 Å². The molecule has 6 rings (SSSR count). The summed E-state index contributed by atoms with van der Waals surface area (Å²) in [6.45, 7) is 0.0311. The Bertz CT molecular complexity index is 1630. The second kappa shape index (κ2) is 12.7. The van der Waals surface area contributed by atoms with Gasteiger partial charge in [-0.05, 0) is 53.6 Å². The number of rotatable bonds is 10. The van der Waals surface area contributed by atoms with Gasteiger partial charge in [0.2, 0.25) is 11.8 Å². The number of benzene rings is 4. The van der Waals surface area contributed by atoms with Gasteiger partial charge in [0.1, 0.15) is 18.3 Å². The second-order valence-electron chi connectivity index (χ2n) is 11.5. The quantitative estimate of drug-likeness (QED) is 0.256. The molecule has 1 fully saturated rings. The van der Waals surface area contributed by atoms with Crippen molar-refractivity contribution in [3.63, 3.8) is 0 Å². The van der Waals surface area contributed by atoms with E-state index in [9.17, 15) is 14.4 Å². The third-order valence-electron chi connectivity index (χ3n) is 8.65. The number of ether oxygens (including phenoxy) is 1. The molecule has 1 aliphatic heterocycles. The molecule has 1 saturated carbocycles. The minimum atomic E-state index is -0.765. The van der Waals surface area contributed by atoms with Gasteiger partial charge in [0.15, 0.2) is 0 Å². The minimum Gasteiger partial charge on any atom is -0.497 e. The number of hydrogen-bond donors (Lipinski definition) is 1. The molecule has 0 bridgehead atoms. The maximum Gasteiger partial charge on any atom is 0.259 e. The fourth-order valence-electron chi connectivity index (χ4n) is 6.43. The average Bonchev–Trinajstić information content (AvgIpc) is 3.31. The molecule has 1 heterocycles. The van der Waals surface area contributed by atoms with Crippen molar-refractivity contribution in [1.29, 1.82) is 0 Å². The predicted molar refractivity (Wildman–Crippen MR) is 168 cm³/mol. The zero-order valence-electron chi connectivity index (χ0n) is 24.5. The van der Waals surface area contributed by atoms with Crippen molar-refractivity contribution in [1.82, 2.24) is 10.2 Å². The first-order valence-corrected chi connectivity index (χ1v) is 15.1. The van der Waals surface area contributed by atoms with Gasteiger partial charge in [-0.2, -0.15) is 0 Å². The summed E-state index contributed by atoms with van der Waals surface area (Å²) in [6.07, 6.45) is 5.60. The van der Waals surface area contributed by atoms with Crippen LogP contribution in [0.4, 0.5) is 5.69 Å². The smallest absolute Gasteiger partial charge is 0.259 e. The van der Waals surface area contributed by atoms with E-state index in [1.165, 1.54) is 6.42 Å². The number of methoxy groups -OCH3 is 1. The highest BCUT2D eigenvalue weighted by molar-refractivity contribution is 6.26. The lowest BCUT2D eigenvalue weighted by Crippen LogP contribution is -2.54. The maximum absolute atomic E-state index is 14.4. The molecule has 4 aromatic carbocycles. The van der Waals surface area contributed by atoms with Crippen molar-refractivity contribution in [2.24, 2.45) is 0 Å². The van der Waals surface area contributed by atoms with Crippen molar-refractivity contribution in [2.45, 2.75) is 57.2 Å². The molecule has 3 amide bonds. The Morgan fingerprint density at radius 3 is 2.40 bits per heavy atom. The molecule has 0 spiro atoms. The molecule has 1 atom stereocenters. The van der Waals surface area contributed by atoms with Crippen LogP contribution in [-0.4, -0.2) is 48.4 Å². The average molecular weight is 576 g/mol. The van der Waals surface area contributed by atoms with Crippen LogP contribution in [0.25, 0.3) is 10.8 Å². The van der Waals surface area contributed by atoms with Gasteiger partial charge in [0, 0.05) is 30.0 Å². The number of carbonyl (C=O) groups is 3. The Hall–Kier alpha value is -4.65. The van der Waals surface area contributed by atoms with E-state index in [2.05, 4.69) is 5.32 Å². The largest absolute Gasteiger partial charge is 0.497 e. The van der Waals surface area contributed by atoms with E-state index in [-0.39, 0.29) is 36.9 Å². The molecule has 1 aliphatic carbocycles. The van der Waals surface area contributed by atoms with E-state index < -0.39 is 6.04 Å². The van der Waals surface area contributed by atoms with Crippen LogP contribution >= 0.6 is 0 Å². The topological polar surface area (TPSA) is 79.0 Å². The fraction of sp³-hybridized carbons (Fsp3) is 0.306. The van der Waals surface area contributed by atoms with Gasteiger partial charge in [-0.15, -0.1) is 0 Å². The van der Waals surface area contributed by atoms with E-state index in [1.807, 2.05) is 91.0 Å². The van der Waals surface area contributed by atoms with Crippen molar-refractivity contribution in [3.05, 3.63) is 108 Å². The third kappa shape index (κ3) is 6.12. The number of anilines is 1. The van der Waals surface area contributed by atoms with Gasteiger partial charge < -0.3 is 15.0 Å². The Morgan fingerprint density at radius 2 is 1.63 bits per heavy atom. The lowest BCUT2D eigenvalue weighted by Gasteiger charge is -2.34. The SMILES string of the molecule is COc1cccc(CN(C(=O)CN2C(=O)c3cccc4cccc2c34)[C@H](Cc2ccccc2)C(=O)NC2CCCCC2)c1. The van der Waals surface area contributed by atoms with Crippen LogP contribution < -0.4 is 15.0 Å². The number of carbonyl (C=O) groups excluding carboxylic acids is 3. The zero-order valence-corrected chi connectivity index (χ0v) is 24.5. The van der Waals surface area contributed by atoms with Gasteiger partial charge in [0.25, 0.3) is 5.91 Å². The van der Waals surface area contributed by atoms with Crippen molar-refractivity contribution in [3.8, 4) is 5.75 Å². The van der Waals surface area contributed by atoms with E-state index in [0.29, 0.717) is 17.7 Å². The van der Waals surface area contributed by atoms with Gasteiger partial charge in [0.05, 0.1) is 12.8 Å². The second-order valence-corrected chi connectivity index (χ2v) is 11.5. The van der Waals surface area contributed by atoms with Gasteiger partial charge in [-0.25, -0.2) is 0 Å². The van der Waals surface area contributed by atoms with Gasteiger partial charge in [-0.1, -0.05) is 86.0 Å². The van der Waals surface area contributed by atoms with Crippen LogP contribution in [0.15, 0.2) is 91.0 Å². The van der Waals surface area contributed by atoms with Gasteiger partial charge in [-0.3, -0.25) is 19.3 Å². The summed E-state index contributed by atoms with van der Waals surface area (Å²) in [5.41, 5.74) is 3.12. The molecule has 7 heteroatoms. The predicted octanol–water partition coefficient (Wildman–Crippen LogP) is 5.90. The third-order valence-corrected chi connectivity index (χ3v) is 8.65. The number of nitrogens with one attached hydrogen (secondary N) is 1. The number of nitrogens with zero attached hydrogens (tertiary/aromatic N) is 2. The molecule has 0 unspecified atom stereocenters. The molecule has 220 valence electrons. The first-order chi connectivity index (χ1) is 21.0. The highest BCUT2D eigenvalue weighted by Crippen LogP contribution is 2.37.